The summed E-state index contributed by atoms with van der Waals surface area (Å²) < 4.78 is 0. The van der Waals surface area contributed by atoms with E-state index in [0.717, 1.165) is 12.0 Å². The third-order valence-electron chi connectivity index (χ3n) is 2.11. The van der Waals surface area contributed by atoms with Crippen molar-refractivity contribution >= 4 is 8.07 Å². The van der Waals surface area contributed by atoms with E-state index in [9.17, 15) is 0 Å². The van der Waals surface area contributed by atoms with Crippen LogP contribution in [0.5, 0.6) is 0 Å². The summed E-state index contributed by atoms with van der Waals surface area (Å²) in [5.74, 6) is 10.1. The average Bonchev–Trinajstić information content (AvgIpc) is 2.27. The largest absolute Gasteiger partial charge is 0.132 e. The standard InChI is InChI=1S/C16H20Si/c1-15(13-14-17(2,3)4)9-8-12-16-10-6-5-7-11-16/h5-7,10-11,15H,9H2,1-4H3/t15-/m1/s1. The Bertz CT molecular complexity index is 457. The summed E-state index contributed by atoms with van der Waals surface area (Å²) in [6, 6.07) is 10.1. The summed E-state index contributed by atoms with van der Waals surface area (Å²) >= 11 is 0. The molecule has 0 N–H and O–H groups in total. The van der Waals surface area contributed by atoms with Crippen LogP contribution in [0.4, 0.5) is 0 Å². The summed E-state index contributed by atoms with van der Waals surface area (Å²) in [7, 11) is -1.23. The molecular weight excluding hydrogens is 220 g/mol. The second kappa shape index (κ2) is 6.33. The number of hydrogen-bond acceptors (Lipinski definition) is 0. The Morgan fingerprint density at radius 1 is 1.12 bits per heavy atom. The molecule has 0 aliphatic carbocycles. The van der Waals surface area contributed by atoms with Crippen LogP contribution in [0.3, 0.4) is 0 Å². The van der Waals surface area contributed by atoms with Crippen molar-refractivity contribution in [2.24, 2.45) is 5.92 Å². The average molecular weight is 240 g/mol. The van der Waals surface area contributed by atoms with E-state index in [-0.39, 0.29) is 0 Å². The van der Waals surface area contributed by atoms with Gasteiger partial charge in [0.2, 0.25) is 0 Å². The van der Waals surface area contributed by atoms with Gasteiger partial charge in [0.05, 0.1) is 0 Å². The zero-order valence-electron chi connectivity index (χ0n) is 11.2. The monoisotopic (exact) mass is 240 g/mol. The number of hydrogen-bond donors (Lipinski definition) is 0. The summed E-state index contributed by atoms with van der Waals surface area (Å²) in [6.45, 7) is 8.94. The van der Waals surface area contributed by atoms with Gasteiger partial charge < -0.3 is 0 Å². The molecule has 1 atom stereocenters. The quantitative estimate of drug-likeness (QED) is 0.515. The van der Waals surface area contributed by atoms with E-state index in [1.807, 2.05) is 30.3 Å². The molecule has 0 bridgehead atoms. The maximum absolute atomic E-state index is 3.39. The molecule has 0 nitrogen and oxygen atoms in total. The maximum atomic E-state index is 3.39. The first-order valence-corrected chi connectivity index (χ1v) is 9.54. The predicted octanol–water partition coefficient (Wildman–Crippen LogP) is 3.95. The fraction of sp³-hybridized carbons (Fsp3) is 0.375. The second-order valence-electron chi connectivity index (χ2n) is 5.29. The molecule has 0 aromatic heterocycles. The molecule has 1 rings (SSSR count). The summed E-state index contributed by atoms with van der Waals surface area (Å²) in [5, 5.41) is 0. The first-order valence-electron chi connectivity index (χ1n) is 6.04. The van der Waals surface area contributed by atoms with E-state index >= 15 is 0 Å². The van der Waals surface area contributed by atoms with Gasteiger partial charge in [0, 0.05) is 17.9 Å². The van der Waals surface area contributed by atoms with Crippen molar-refractivity contribution in [1.82, 2.24) is 0 Å². The van der Waals surface area contributed by atoms with Gasteiger partial charge in [-0.1, -0.05) is 56.6 Å². The molecule has 1 heteroatoms. The molecule has 88 valence electrons. The number of benzene rings is 1. The lowest BCUT2D eigenvalue weighted by molar-refractivity contribution is 0.789. The minimum atomic E-state index is -1.23. The lowest BCUT2D eigenvalue weighted by Crippen LogP contribution is -2.16. The van der Waals surface area contributed by atoms with Gasteiger partial charge in [-0.15, -0.1) is 11.5 Å². The van der Waals surface area contributed by atoms with Crippen LogP contribution in [0, 0.1) is 29.2 Å². The van der Waals surface area contributed by atoms with Crippen LogP contribution in [0.2, 0.25) is 19.6 Å². The molecule has 0 aliphatic rings. The molecular formula is C16H20Si. The molecule has 0 heterocycles. The highest BCUT2D eigenvalue weighted by atomic mass is 28.3. The summed E-state index contributed by atoms with van der Waals surface area (Å²) in [4.78, 5) is 0. The molecule has 0 spiro atoms. The Morgan fingerprint density at radius 3 is 2.35 bits per heavy atom. The fourth-order valence-corrected chi connectivity index (χ4v) is 1.90. The summed E-state index contributed by atoms with van der Waals surface area (Å²) in [6.07, 6.45) is 0.854. The van der Waals surface area contributed by atoms with Crippen LogP contribution in [0.15, 0.2) is 30.3 Å². The first kappa shape index (κ1) is 13.6. The highest BCUT2D eigenvalue weighted by Crippen LogP contribution is 2.02. The van der Waals surface area contributed by atoms with Crippen molar-refractivity contribution in [3.63, 3.8) is 0 Å². The van der Waals surface area contributed by atoms with Crippen molar-refractivity contribution in [3.05, 3.63) is 35.9 Å². The topological polar surface area (TPSA) is 0 Å². The Hall–Kier alpha value is -1.44. The minimum Gasteiger partial charge on any atom is -0.132 e. The Balaban J connectivity index is 2.51. The van der Waals surface area contributed by atoms with Crippen LogP contribution in [-0.4, -0.2) is 8.07 Å². The zero-order chi connectivity index (χ0) is 12.7. The van der Waals surface area contributed by atoms with Crippen molar-refractivity contribution < 1.29 is 0 Å². The van der Waals surface area contributed by atoms with Gasteiger partial charge in [-0.25, -0.2) is 0 Å². The van der Waals surface area contributed by atoms with Gasteiger partial charge in [-0.05, 0) is 12.1 Å². The third kappa shape index (κ3) is 6.67. The smallest absolute Gasteiger partial charge is 0.129 e. The molecule has 0 unspecified atom stereocenters. The van der Waals surface area contributed by atoms with E-state index in [0.29, 0.717) is 5.92 Å². The van der Waals surface area contributed by atoms with Crippen molar-refractivity contribution in [1.29, 1.82) is 0 Å². The molecule has 0 saturated heterocycles. The van der Waals surface area contributed by atoms with Crippen molar-refractivity contribution in [2.75, 3.05) is 0 Å². The van der Waals surface area contributed by atoms with Crippen LogP contribution >= 0.6 is 0 Å². The first-order chi connectivity index (χ1) is 7.97. The van der Waals surface area contributed by atoms with Crippen LogP contribution < -0.4 is 0 Å². The highest BCUT2D eigenvalue weighted by Gasteiger charge is 2.07. The number of rotatable bonds is 1. The molecule has 17 heavy (non-hydrogen) atoms. The molecule has 0 amide bonds. The minimum absolute atomic E-state index is 0.373. The van der Waals surface area contributed by atoms with Gasteiger partial charge >= 0.3 is 0 Å². The lowest BCUT2D eigenvalue weighted by Gasteiger charge is -2.04. The van der Waals surface area contributed by atoms with Gasteiger partial charge in [0.1, 0.15) is 8.07 Å². The second-order valence-corrected chi connectivity index (χ2v) is 10.0. The third-order valence-corrected chi connectivity index (χ3v) is 3.00. The van der Waals surface area contributed by atoms with Crippen molar-refractivity contribution in [3.8, 4) is 23.3 Å². The normalized spacial score (nSPS) is 11.8. The molecule has 0 fully saturated rings. The van der Waals surface area contributed by atoms with E-state index in [4.69, 9.17) is 0 Å². The fourth-order valence-electron chi connectivity index (χ4n) is 1.22. The van der Waals surface area contributed by atoms with E-state index in [1.165, 1.54) is 0 Å². The molecule has 0 radical (unpaired) electrons. The SMILES string of the molecule is C[C@@H](C#C[Si](C)(C)C)CC#Cc1ccccc1. The molecule has 0 saturated carbocycles. The predicted molar refractivity (Wildman–Crippen MR) is 78.2 cm³/mol. The van der Waals surface area contributed by atoms with Gasteiger partial charge in [-0.2, -0.15) is 0 Å². The van der Waals surface area contributed by atoms with Crippen LogP contribution in [-0.2, 0) is 0 Å². The zero-order valence-corrected chi connectivity index (χ0v) is 12.2. The Labute approximate surface area is 106 Å². The highest BCUT2D eigenvalue weighted by molar-refractivity contribution is 6.83. The van der Waals surface area contributed by atoms with Crippen LogP contribution in [0.1, 0.15) is 18.9 Å². The lowest BCUT2D eigenvalue weighted by atomic mass is 10.1. The van der Waals surface area contributed by atoms with Crippen LogP contribution in [0.25, 0.3) is 0 Å². The Morgan fingerprint density at radius 2 is 1.76 bits per heavy atom. The molecule has 1 aromatic rings. The van der Waals surface area contributed by atoms with Gasteiger partial charge in [0.25, 0.3) is 0 Å². The van der Waals surface area contributed by atoms with E-state index in [2.05, 4.69) is 49.9 Å². The summed E-state index contributed by atoms with van der Waals surface area (Å²) in [5.41, 5.74) is 4.47. The van der Waals surface area contributed by atoms with E-state index < -0.39 is 8.07 Å². The maximum Gasteiger partial charge on any atom is 0.129 e. The van der Waals surface area contributed by atoms with Crippen molar-refractivity contribution in [2.45, 2.75) is 33.0 Å². The van der Waals surface area contributed by atoms with Gasteiger partial charge in [-0.3, -0.25) is 0 Å². The Kier molecular flexibility index (Phi) is 5.07. The van der Waals surface area contributed by atoms with Gasteiger partial charge in [0.15, 0.2) is 0 Å². The molecule has 0 aliphatic heterocycles. The molecule has 1 aromatic carbocycles. The van der Waals surface area contributed by atoms with E-state index in [1.54, 1.807) is 0 Å².